The first-order valence-corrected chi connectivity index (χ1v) is 8.58. The molecule has 0 saturated carbocycles. The Morgan fingerprint density at radius 2 is 1.71 bits per heavy atom. The number of sulfonamides is 1. The lowest BCUT2D eigenvalue weighted by Crippen LogP contribution is -2.36. The van der Waals surface area contributed by atoms with Crippen molar-refractivity contribution in [3.63, 3.8) is 0 Å². The van der Waals surface area contributed by atoms with Crippen LogP contribution in [0.15, 0.2) is 23.1 Å². The molecule has 0 amide bonds. The van der Waals surface area contributed by atoms with Gasteiger partial charge in [0.2, 0.25) is 10.0 Å². The summed E-state index contributed by atoms with van der Waals surface area (Å²) in [4.78, 5) is 0.246. The van der Waals surface area contributed by atoms with E-state index in [1.54, 1.807) is 32.4 Å². The summed E-state index contributed by atoms with van der Waals surface area (Å²) >= 11 is 5.85. The molecule has 0 atom stereocenters. The fourth-order valence-corrected chi connectivity index (χ4v) is 3.59. The molecule has 21 heavy (non-hydrogen) atoms. The van der Waals surface area contributed by atoms with Gasteiger partial charge in [0.25, 0.3) is 0 Å². The summed E-state index contributed by atoms with van der Waals surface area (Å²) in [6.45, 7) is 3.13. The number of benzene rings is 1. The van der Waals surface area contributed by atoms with Gasteiger partial charge < -0.3 is 9.47 Å². The van der Waals surface area contributed by atoms with E-state index in [0.717, 1.165) is 11.1 Å². The molecular weight excluding hydrogens is 314 g/mol. The van der Waals surface area contributed by atoms with Gasteiger partial charge in [0.1, 0.15) is 0 Å². The van der Waals surface area contributed by atoms with Crippen molar-refractivity contribution in [3.05, 3.63) is 29.3 Å². The second-order valence-electron chi connectivity index (χ2n) is 4.61. The SMILES string of the molecule is COCCN(CCOC)S(=O)(=O)c1ccc(C)c(CCl)c1. The Labute approximate surface area is 131 Å². The van der Waals surface area contributed by atoms with Crippen molar-refractivity contribution in [2.24, 2.45) is 0 Å². The molecule has 0 aliphatic heterocycles. The number of rotatable bonds is 9. The molecular formula is C14H22ClNO4S. The van der Waals surface area contributed by atoms with Crippen molar-refractivity contribution >= 4 is 21.6 Å². The molecule has 0 saturated heterocycles. The minimum atomic E-state index is -3.58. The Bertz CT molecular complexity index is 540. The highest BCUT2D eigenvalue weighted by atomic mass is 35.5. The fraction of sp³-hybridized carbons (Fsp3) is 0.571. The molecule has 7 heteroatoms. The van der Waals surface area contributed by atoms with Gasteiger partial charge in [0.15, 0.2) is 0 Å². The maximum Gasteiger partial charge on any atom is 0.243 e. The zero-order valence-corrected chi connectivity index (χ0v) is 14.2. The van der Waals surface area contributed by atoms with Crippen LogP contribution in [0, 0.1) is 6.92 Å². The van der Waals surface area contributed by atoms with Gasteiger partial charge in [0, 0.05) is 33.2 Å². The minimum Gasteiger partial charge on any atom is -0.383 e. The Kier molecular flexibility index (Phi) is 7.62. The van der Waals surface area contributed by atoms with Crippen molar-refractivity contribution in [2.45, 2.75) is 17.7 Å². The fourth-order valence-electron chi connectivity index (χ4n) is 1.84. The smallest absolute Gasteiger partial charge is 0.243 e. The first-order chi connectivity index (χ1) is 9.97. The Balaban J connectivity index is 3.08. The molecule has 1 aromatic rings. The van der Waals surface area contributed by atoms with Crippen LogP contribution < -0.4 is 0 Å². The highest BCUT2D eigenvalue weighted by Crippen LogP contribution is 2.20. The van der Waals surface area contributed by atoms with Gasteiger partial charge in [-0.2, -0.15) is 4.31 Å². The third kappa shape index (κ3) is 4.93. The summed E-state index contributed by atoms with van der Waals surface area (Å²) in [6, 6.07) is 5.01. The van der Waals surface area contributed by atoms with E-state index in [-0.39, 0.29) is 23.9 Å². The predicted octanol–water partition coefficient (Wildman–Crippen LogP) is 2.02. The van der Waals surface area contributed by atoms with E-state index in [4.69, 9.17) is 21.1 Å². The average Bonchev–Trinajstić information content (AvgIpc) is 2.47. The quantitative estimate of drug-likeness (QED) is 0.648. The van der Waals surface area contributed by atoms with Crippen LogP contribution >= 0.6 is 11.6 Å². The van der Waals surface area contributed by atoms with Crippen LogP contribution in [-0.2, 0) is 25.4 Å². The van der Waals surface area contributed by atoms with E-state index in [2.05, 4.69) is 0 Å². The molecule has 0 aliphatic carbocycles. The van der Waals surface area contributed by atoms with Crippen LogP contribution in [0.2, 0.25) is 0 Å². The van der Waals surface area contributed by atoms with Crippen molar-refractivity contribution < 1.29 is 17.9 Å². The van der Waals surface area contributed by atoms with Gasteiger partial charge in [-0.3, -0.25) is 0 Å². The number of hydrogen-bond donors (Lipinski definition) is 0. The molecule has 0 aromatic heterocycles. The van der Waals surface area contributed by atoms with Gasteiger partial charge in [-0.05, 0) is 30.2 Å². The Hall–Kier alpha value is -0.660. The molecule has 0 N–H and O–H groups in total. The second kappa shape index (κ2) is 8.70. The molecule has 0 spiro atoms. The predicted molar refractivity (Wildman–Crippen MR) is 83.2 cm³/mol. The van der Waals surface area contributed by atoms with Crippen LogP contribution in [0.3, 0.4) is 0 Å². The number of alkyl halides is 1. The van der Waals surface area contributed by atoms with E-state index in [1.807, 2.05) is 6.92 Å². The molecule has 1 aromatic carbocycles. The summed E-state index contributed by atoms with van der Waals surface area (Å²) in [5.74, 6) is 0.283. The zero-order chi connectivity index (χ0) is 15.9. The molecule has 120 valence electrons. The first kappa shape index (κ1) is 18.4. The van der Waals surface area contributed by atoms with Crippen LogP contribution in [0.5, 0.6) is 0 Å². The van der Waals surface area contributed by atoms with E-state index < -0.39 is 10.0 Å². The number of ether oxygens (including phenoxy) is 2. The molecule has 0 bridgehead atoms. The number of aryl methyl sites for hydroxylation is 1. The minimum absolute atomic E-state index is 0.246. The number of methoxy groups -OCH3 is 2. The largest absolute Gasteiger partial charge is 0.383 e. The summed E-state index contributed by atoms with van der Waals surface area (Å²) in [5, 5.41) is 0. The van der Waals surface area contributed by atoms with E-state index >= 15 is 0 Å². The number of halogens is 1. The maximum atomic E-state index is 12.7. The third-order valence-corrected chi connectivity index (χ3v) is 5.37. The monoisotopic (exact) mass is 335 g/mol. The van der Waals surface area contributed by atoms with Gasteiger partial charge in [-0.15, -0.1) is 11.6 Å². The molecule has 0 unspecified atom stereocenters. The standard InChI is InChI=1S/C14H22ClNO4S/c1-12-4-5-14(10-13(12)11-15)21(17,18)16(6-8-19-2)7-9-20-3/h4-5,10H,6-9,11H2,1-3H3. The van der Waals surface area contributed by atoms with Crippen molar-refractivity contribution in [1.29, 1.82) is 0 Å². The van der Waals surface area contributed by atoms with E-state index in [1.165, 1.54) is 4.31 Å². The molecule has 0 aliphatic rings. The highest BCUT2D eigenvalue weighted by Gasteiger charge is 2.24. The molecule has 0 radical (unpaired) electrons. The zero-order valence-electron chi connectivity index (χ0n) is 12.6. The normalized spacial score (nSPS) is 12.0. The lowest BCUT2D eigenvalue weighted by molar-refractivity contribution is 0.150. The Morgan fingerprint density at radius 1 is 1.14 bits per heavy atom. The molecule has 1 rings (SSSR count). The summed E-state index contributed by atoms with van der Waals surface area (Å²) in [7, 11) is -0.500. The average molecular weight is 336 g/mol. The van der Waals surface area contributed by atoms with Gasteiger partial charge >= 0.3 is 0 Å². The van der Waals surface area contributed by atoms with Crippen molar-refractivity contribution in [3.8, 4) is 0 Å². The topological polar surface area (TPSA) is 55.8 Å². The van der Waals surface area contributed by atoms with Crippen LogP contribution in [-0.4, -0.2) is 53.2 Å². The number of hydrogen-bond acceptors (Lipinski definition) is 4. The van der Waals surface area contributed by atoms with Crippen LogP contribution in [0.1, 0.15) is 11.1 Å². The van der Waals surface area contributed by atoms with Gasteiger partial charge in [0.05, 0.1) is 18.1 Å². The van der Waals surface area contributed by atoms with Crippen LogP contribution in [0.4, 0.5) is 0 Å². The number of nitrogens with zero attached hydrogens (tertiary/aromatic N) is 1. The summed E-state index contributed by atoms with van der Waals surface area (Å²) in [6.07, 6.45) is 0. The summed E-state index contributed by atoms with van der Waals surface area (Å²) in [5.41, 5.74) is 1.79. The molecule has 5 nitrogen and oxygen atoms in total. The lowest BCUT2D eigenvalue weighted by atomic mass is 10.1. The first-order valence-electron chi connectivity index (χ1n) is 6.61. The second-order valence-corrected chi connectivity index (χ2v) is 6.82. The maximum absolute atomic E-state index is 12.7. The van der Waals surface area contributed by atoms with E-state index in [9.17, 15) is 8.42 Å². The highest BCUT2D eigenvalue weighted by molar-refractivity contribution is 7.89. The molecule has 0 fully saturated rings. The summed E-state index contributed by atoms with van der Waals surface area (Å²) < 4.78 is 36.7. The van der Waals surface area contributed by atoms with Crippen LogP contribution in [0.25, 0.3) is 0 Å². The van der Waals surface area contributed by atoms with Crippen molar-refractivity contribution in [2.75, 3.05) is 40.5 Å². The van der Waals surface area contributed by atoms with Gasteiger partial charge in [-0.1, -0.05) is 6.07 Å². The van der Waals surface area contributed by atoms with E-state index in [0.29, 0.717) is 13.2 Å². The lowest BCUT2D eigenvalue weighted by Gasteiger charge is -2.22. The van der Waals surface area contributed by atoms with Gasteiger partial charge in [-0.25, -0.2) is 8.42 Å². The molecule has 0 heterocycles. The third-order valence-electron chi connectivity index (χ3n) is 3.19. The van der Waals surface area contributed by atoms with Crippen molar-refractivity contribution in [1.82, 2.24) is 4.31 Å². The Morgan fingerprint density at radius 3 is 2.19 bits per heavy atom.